The van der Waals surface area contributed by atoms with Crippen molar-refractivity contribution in [3.63, 3.8) is 0 Å². The molecule has 8 nitrogen and oxygen atoms in total. The van der Waals surface area contributed by atoms with E-state index < -0.39 is 20.0 Å². The first-order valence-corrected chi connectivity index (χ1v) is 32.3. The third-order valence-corrected chi connectivity index (χ3v) is 14.2. The van der Waals surface area contributed by atoms with Crippen LogP contribution < -0.4 is 5.32 Å². The molecule has 0 radical (unpaired) electrons. The van der Waals surface area contributed by atoms with Crippen LogP contribution in [0.25, 0.3) is 0 Å². The number of allylic oxidation sites excluding steroid dienone is 17. The summed E-state index contributed by atoms with van der Waals surface area (Å²) in [5.74, 6) is -0.192. The van der Waals surface area contributed by atoms with Gasteiger partial charge in [-0.15, -0.1) is 0 Å². The Hall–Kier alpha value is -2.84. The lowest BCUT2D eigenvalue weighted by molar-refractivity contribution is -0.870. The van der Waals surface area contributed by atoms with Crippen LogP contribution in [0.1, 0.15) is 251 Å². The molecule has 75 heavy (non-hydrogen) atoms. The number of amides is 1. The minimum Gasteiger partial charge on any atom is -0.387 e. The van der Waals surface area contributed by atoms with Crippen molar-refractivity contribution in [2.75, 3.05) is 40.9 Å². The number of aliphatic hydroxyl groups is 1. The Morgan fingerprint density at radius 3 is 1.23 bits per heavy atom. The van der Waals surface area contributed by atoms with Crippen molar-refractivity contribution in [2.45, 2.75) is 264 Å². The highest BCUT2D eigenvalue weighted by molar-refractivity contribution is 7.47. The first-order chi connectivity index (χ1) is 36.5. The Morgan fingerprint density at radius 1 is 0.467 bits per heavy atom. The molecular formula is C66H118N2O6P+. The fourth-order valence-electron chi connectivity index (χ4n) is 8.43. The van der Waals surface area contributed by atoms with Gasteiger partial charge in [-0.05, 0) is 96.3 Å². The number of hydrogen-bond acceptors (Lipinski definition) is 5. The van der Waals surface area contributed by atoms with E-state index in [1.807, 2.05) is 27.2 Å². The topological polar surface area (TPSA) is 105 Å². The number of aliphatic hydroxyl groups excluding tert-OH is 1. The molecule has 432 valence electrons. The van der Waals surface area contributed by atoms with Gasteiger partial charge in [-0.25, -0.2) is 4.57 Å². The molecule has 3 unspecified atom stereocenters. The predicted octanol–water partition coefficient (Wildman–Crippen LogP) is 19.2. The molecule has 0 bridgehead atoms. The summed E-state index contributed by atoms with van der Waals surface area (Å²) in [6, 6.07) is -0.873. The normalized spacial score (nSPS) is 14.6. The van der Waals surface area contributed by atoms with E-state index in [0.717, 1.165) is 83.5 Å². The Kier molecular flexibility index (Phi) is 53.8. The summed E-state index contributed by atoms with van der Waals surface area (Å²) in [4.78, 5) is 23.3. The number of phosphoric acid groups is 1. The second-order valence-electron chi connectivity index (χ2n) is 21.7. The van der Waals surface area contributed by atoms with Crippen LogP contribution in [0.5, 0.6) is 0 Å². The maximum Gasteiger partial charge on any atom is 0.472 e. The van der Waals surface area contributed by atoms with E-state index in [9.17, 15) is 19.4 Å². The highest BCUT2D eigenvalue weighted by Crippen LogP contribution is 2.43. The van der Waals surface area contributed by atoms with Crippen molar-refractivity contribution in [3.05, 3.63) is 109 Å². The third-order valence-electron chi connectivity index (χ3n) is 13.2. The van der Waals surface area contributed by atoms with Crippen LogP contribution in [0.4, 0.5) is 0 Å². The Balaban J connectivity index is 3.99. The molecule has 0 aromatic heterocycles. The molecule has 0 heterocycles. The van der Waals surface area contributed by atoms with E-state index in [1.54, 1.807) is 6.08 Å². The number of carbonyl (C=O) groups excluding carboxylic acids is 1. The number of quaternary nitrogens is 1. The Bertz CT molecular complexity index is 1590. The number of nitrogens with one attached hydrogen (secondary N) is 1. The van der Waals surface area contributed by atoms with E-state index >= 15 is 0 Å². The molecule has 0 saturated heterocycles. The van der Waals surface area contributed by atoms with Gasteiger partial charge in [-0.3, -0.25) is 13.8 Å². The number of unbranched alkanes of at least 4 members (excludes halogenated alkanes) is 26. The highest BCUT2D eigenvalue weighted by Gasteiger charge is 2.27. The average Bonchev–Trinajstić information content (AvgIpc) is 3.37. The summed E-state index contributed by atoms with van der Waals surface area (Å²) >= 11 is 0. The van der Waals surface area contributed by atoms with Crippen molar-refractivity contribution in [3.8, 4) is 0 Å². The van der Waals surface area contributed by atoms with Crippen molar-refractivity contribution >= 4 is 13.7 Å². The van der Waals surface area contributed by atoms with Gasteiger partial charge in [0.15, 0.2) is 0 Å². The van der Waals surface area contributed by atoms with E-state index in [-0.39, 0.29) is 19.1 Å². The van der Waals surface area contributed by atoms with E-state index in [2.05, 4.69) is 116 Å². The zero-order valence-electron chi connectivity index (χ0n) is 49.3. The zero-order valence-corrected chi connectivity index (χ0v) is 50.1. The predicted molar refractivity (Wildman–Crippen MR) is 327 cm³/mol. The monoisotopic (exact) mass is 1070 g/mol. The molecule has 0 saturated carbocycles. The lowest BCUT2D eigenvalue weighted by atomic mass is 10.0. The Morgan fingerprint density at radius 2 is 0.813 bits per heavy atom. The lowest BCUT2D eigenvalue weighted by Gasteiger charge is -2.25. The fourth-order valence-corrected chi connectivity index (χ4v) is 9.17. The summed E-state index contributed by atoms with van der Waals surface area (Å²) in [5, 5.41) is 13.9. The van der Waals surface area contributed by atoms with E-state index in [1.165, 1.54) is 148 Å². The van der Waals surface area contributed by atoms with Crippen molar-refractivity contribution < 1.29 is 32.9 Å². The van der Waals surface area contributed by atoms with Crippen LogP contribution >= 0.6 is 7.82 Å². The van der Waals surface area contributed by atoms with Gasteiger partial charge >= 0.3 is 7.82 Å². The van der Waals surface area contributed by atoms with Crippen LogP contribution in [0.15, 0.2) is 109 Å². The third kappa shape index (κ3) is 58.7. The summed E-state index contributed by atoms with van der Waals surface area (Å²) in [5.41, 5.74) is 0. The minimum absolute atomic E-state index is 0.0508. The molecule has 0 aliphatic carbocycles. The second-order valence-corrected chi connectivity index (χ2v) is 23.1. The lowest BCUT2D eigenvalue weighted by Crippen LogP contribution is -2.45. The van der Waals surface area contributed by atoms with Crippen LogP contribution in [0.3, 0.4) is 0 Å². The largest absolute Gasteiger partial charge is 0.472 e. The summed E-state index contributed by atoms with van der Waals surface area (Å²) in [7, 11) is 1.54. The number of likely N-dealkylation sites (N-methyl/N-ethyl adjacent to an activating group) is 1. The van der Waals surface area contributed by atoms with Crippen LogP contribution in [0.2, 0.25) is 0 Å². The van der Waals surface area contributed by atoms with Crippen molar-refractivity contribution in [1.82, 2.24) is 5.32 Å². The molecule has 3 atom stereocenters. The summed E-state index contributed by atoms with van der Waals surface area (Å²) < 4.78 is 23.7. The van der Waals surface area contributed by atoms with Gasteiger partial charge in [0.05, 0.1) is 39.9 Å². The summed E-state index contributed by atoms with van der Waals surface area (Å²) in [6.45, 7) is 4.65. The SMILES string of the molecule is CC/C=C\C/C=C\C/C=C\C/C=C\C/C=C\C/C=C\CCCCCCCCCCCCCCCCCCCCCCC(=O)NC(COP(=O)(O)OCC[N+](C)(C)C)C(O)/C=C/CC/C=C/CC/C=C/CCCCCC. The van der Waals surface area contributed by atoms with Gasteiger partial charge < -0.3 is 19.8 Å². The minimum atomic E-state index is -4.36. The number of carbonyl (C=O) groups is 1. The summed E-state index contributed by atoms with van der Waals surface area (Å²) in [6.07, 6.45) is 82.2. The molecule has 0 aliphatic heterocycles. The zero-order chi connectivity index (χ0) is 54.9. The van der Waals surface area contributed by atoms with Gasteiger partial charge in [0, 0.05) is 6.42 Å². The standard InChI is InChI=1S/C66H117N2O6P/c1-6-8-10-12-14-16-18-20-22-23-24-25-26-27-28-29-30-31-32-33-34-35-36-37-38-39-40-41-42-43-44-45-46-48-50-52-54-56-58-60-66(70)67-64(63-74-75(71,72)73-62-61-68(3,4)5)65(69)59-57-55-53-51-49-47-21-19-17-15-13-11-9-7-2/h8,10,14,16-17,19-20,22,24-25,27-28,30-31,49,51,57,59,64-65,69H,6-7,9,11-13,15,18,21,23,26,29,32-48,50,52-56,58,60-63H2,1-5H3,(H-,67,70,71,72)/p+1/b10-8-,16-14-,19-17+,22-20-,25-24-,28-27-,31-30-,51-49+,59-57+. The molecule has 0 aliphatic rings. The van der Waals surface area contributed by atoms with Gasteiger partial charge in [0.2, 0.25) is 5.91 Å². The van der Waals surface area contributed by atoms with Gasteiger partial charge in [0.1, 0.15) is 13.2 Å². The number of phosphoric ester groups is 1. The van der Waals surface area contributed by atoms with E-state index in [4.69, 9.17) is 9.05 Å². The second kappa shape index (κ2) is 55.9. The Labute approximate surface area is 463 Å². The maximum atomic E-state index is 13.0. The van der Waals surface area contributed by atoms with Crippen molar-refractivity contribution in [2.24, 2.45) is 0 Å². The van der Waals surface area contributed by atoms with Gasteiger partial charge in [0.25, 0.3) is 0 Å². The molecule has 1 amide bonds. The van der Waals surface area contributed by atoms with E-state index in [0.29, 0.717) is 17.4 Å². The van der Waals surface area contributed by atoms with Crippen LogP contribution in [-0.4, -0.2) is 73.4 Å². The molecule has 0 spiro atoms. The highest BCUT2D eigenvalue weighted by atomic mass is 31.2. The smallest absolute Gasteiger partial charge is 0.387 e. The molecule has 0 fully saturated rings. The first kappa shape index (κ1) is 72.2. The average molecular weight is 1070 g/mol. The van der Waals surface area contributed by atoms with Gasteiger partial charge in [-0.1, -0.05) is 258 Å². The number of rotatable bonds is 55. The number of hydrogen-bond donors (Lipinski definition) is 3. The first-order valence-electron chi connectivity index (χ1n) is 30.8. The number of nitrogens with zero attached hydrogens (tertiary/aromatic N) is 1. The maximum absolute atomic E-state index is 13.0. The molecule has 0 aromatic rings. The quantitative estimate of drug-likeness (QED) is 0.0243. The van der Waals surface area contributed by atoms with Crippen LogP contribution in [-0.2, 0) is 18.4 Å². The molecule has 0 aromatic carbocycles. The van der Waals surface area contributed by atoms with Crippen LogP contribution in [0, 0.1) is 0 Å². The van der Waals surface area contributed by atoms with Gasteiger partial charge in [-0.2, -0.15) is 0 Å². The van der Waals surface area contributed by atoms with Crippen molar-refractivity contribution in [1.29, 1.82) is 0 Å². The fraction of sp³-hybridized carbons (Fsp3) is 0.712. The molecule has 3 N–H and O–H groups in total. The molecule has 0 rings (SSSR count). The molecule has 9 heteroatoms. The molecular weight excluding hydrogens is 948 g/mol.